The normalized spacial score (nSPS) is 10.5. The molecule has 0 aliphatic rings. The first-order chi connectivity index (χ1) is 11.0. The number of thiophene rings is 1. The molecule has 116 valence electrons. The number of hydrogen-bond donors (Lipinski definition) is 2. The van der Waals surface area contributed by atoms with E-state index in [1.807, 2.05) is 37.3 Å². The maximum absolute atomic E-state index is 11.4. The molecular weight excluding hydrogens is 310 g/mol. The second kappa shape index (κ2) is 6.13. The predicted molar refractivity (Wildman–Crippen MR) is 92.0 cm³/mol. The molecule has 0 atom stereocenters. The van der Waals surface area contributed by atoms with Crippen LogP contribution in [0, 0.1) is 6.92 Å². The Morgan fingerprint density at radius 1 is 1.09 bits per heavy atom. The van der Waals surface area contributed by atoms with Gasteiger partial charge < -0.3 is 11.1 Å². The van der Waals surface area contributed by atoms with Gasteiger partial charge in [-0.15, -0.1) is 11.3 Å². The van der Waals surface area contributed by atoms with E-state index >= 15 is 0 Å². The summed E-state index contributed by atoms with van der Waals surface area (Å²) in [4.78, 5) is 25.5. The summed E-state index contributed by atoms with van der Waals surface area (Å²) in [6, 6.07) is 11.4. The Morgan fingerprint density at radius 3 is 2.48 bits per heavy atom. The number of nitrogens with two attached hydrogens (primary N) is 1. The van der Waals surface area contributed by atoms with E-state index in [0.29, 0.717) is 16.6 Å². The highest BCUT2D eigenvalue weighted by Crippen LogP contribution is 2.27. The molecule has 7 heteroatoms. The summed E-state index contributed by atoms with van der Waals surface area (Å²) in [5, 5.41) is 3.11. The smallest absolute Gasteiger partial charge is 0.232 e. The van der Waals surface area contributed by atoms with Gasteiger partial charge in [0, 0.05) is 5.69 Å². The van der Waals surface area contributed by atoms with Crippen LogP contribution >= 0.6 is 11.3 Å². The van der Waals surface area contributed by atoms with Crippen molar-refractivity contribution in [3.05, 3.63) is 46.8 Å². The van der Waals surface area contributed by atoms with Gasteiger partial charge >= 0.3 is 0 Å². The highest BCUT2D eigenvalue weighted by molar-refractivity contribution is 7.17. The molecular formula is C16H15N5OS. The summed E-state index contributed by atoms with van der Waals surface area (Å²) >= 11 is 1.33. The van der Waals surface area contributed by atoms with Gasteiger partial charge in [0.1, 0.15) is 0 Å². The Hall–Kier alpha value is -2.80. The highest BCUT2D eigenvalue weighted by Gasteiger charge is 2.11. The number of aromatic nitrogens is 3. The summed E-state index contributed by atoms with van der Waals surface area (Å²) in [6.07, 6.45) is 0. The lowest BCUT2D eigenvalue weighted by Crippen LogP contribution is -2.04. The van der Waals surface area contributed by atoms with Gasteiger partial charge in [-0.2, -0.15) is 15.0 Å². The molecule has 0 bridgehead atoms. The highest BCUT2D eigenvalue weighted by atomic mass is 32.1. The molecule has 3 N–H and O–H groups in total. The molecule has 2 aromatic heterocycles. The van der Waals surface area contributed by atoms with Gasteiger partial charge in [-0.1, -0.05) is 17.7 Å². The van der Waals surface area contributed by atoms with Crippen LogP contribution in [0.4, 0.5) is 17.6 Å². The number of carbonyl (C=O) groups excluding carboxylic acids is 1. The van der Waals surface area contributed by atoms with E-state index in [4.69, 9.17) is 5.73 Å². The Balaban J connectivity index is 1.92. The third-order valence-corrected chi connectivity index (χ3v) is 4.32. The van der Waals surface area contributed by atoms with Gasteiger partial charge in [0.25, 0.3) is 0 Å². The molecule has 0 fully saturated rings. The molecule has 23 heavy (non-hydrogen) atoms. The number of anilines is 3. The fourth-order valence-corrected chi connectivity index (χ4v) is 2.81. The van der Waals surface area contributed by atoms with Crippen molar-refractivity contribution < 1.29 is 4.79 Å². The third kappa shape index (κ3) is 3.51. The van der Waals surface area contributed by atoms with Crippen LogP contribution in [0.25, 0.3) is 10.7 Å². The van der Waals surface area contributed by atoms with Gasteiger partial charge in [0.05, 0.1) is 9.75 Å². The van der Waals surface area contributed by atoms with Gasteiger partial charge in [-0.25, -0.2) is 0 Å². The molecule has 0 spiro atoms. The SMILES string of the molecule is CC(=O)c1ccc(-c2nc(N)nc(Nc3ccc(C)cc3)n2)s1. The average molecular weight is 325 g/mol. The molecule has 0 saturated heterocycles. The first kappa shape index (κ1) is 15.1. The number of nitrogens with zero attached hydrogens (tertiary/aromatic N) is 3. The average Bonchev–Trinajstić information content (AvgIpc) is 2.99. The number of Topliss-reactive ketones (excluding diaryl/α,β-unsaturated/α-hetero) is 1. The molecule has 3 rings (SSSR count). The zero-order chi connectivity index (χ0) is 16.4. The standard InChI is InChI=1S/C16H15N5OS/c1-9-3-5-11(6-4-9)18-16-20-14(19-15(17)21-16)13-8-7-12(23-13)10(2)22/h3-8H,1-2H3,(H3,17,18,19,20,21). The molecule has 0 radical (unpaired) electrons. The molecule has 0 aliphatic carbocycles. The first-order valence-corrected chi connectivity index (χ1v) is 7.79. The van der Waals surface area contributed by atoms with E-state index in [1.165, 1.54) is 23.8 Å². The van der Waals surface area contributed by atoms with Crippen LogP contribution < -0.4 is 11.1 Å². The van der Waals surface area contributed by atoms with Gasteiger partial charge in [-0.05, 0) is 38.1 Å². The summed E-state index contributed by atoms with van der Waals surface area (Å²) in [5.41, 5.74) is 7.81. The summed E-state index contributed by atoms with van der Waals surface area (Å²) in [6.45, 7) is 3.55. The van der Waals surface area contributed by atoms with E-state index in [0.717, 1.165) is 10.6 Å². The maximum Gasteiger partial charge on any atom is 0.232 e. The van der Waals surface area contributed by atoms with Crippen molar-refractivity contribution >= 4 is 34.7 Å². The van der Waals surface area contributed by atoms with Gasteiger partial charge in [0.15, 0.2) is 11.6 Å². The van der Waals surface area contributed by atoms with Crippen molar-refractivity contribution in [2.75, 3.05) is 11.1 Å². The zero-order valence-electron chi connectivity index (χ0n) is 12.7. The molecule has 0 saturated carbocycles. The fraction of sp³-hybridized carbons (Fsp3) is 0.125. The molecule has 1 aromatic carbocycles. The van der Waals surface area contributed by atoms with Crippen LogP contribution in [-0.4, -0.2) is 20.7 Å². The Kier molecular flexibility index (Phi) is 4.03. The lowest BCUT2D eigenvalue weighted by Gasteiger charge is -2.06. The predicted octanol–water partition coefficient (Wildman–Crippen LogP) is 3.44. The Morgan fingerprint density at radius 2 is 1.83 bits per heavy atom. The summed E-state index contributed by atoms with van der Waals surface area (Å²) < 4.78 is 0. The molecule has 0 aliphatic heterocycles. The number of aryl methyl sites for hydroxylation is 1. The lowest BCUT2D eigenvalue weighted by atomic mass is 10.2. The van der Waals surface area contributed by atoms with Crippen LogP contribution in [0.15, 0.2) is 36.4 Å². The minimum absolute atomic E-state index is 0.0151. The number of ketones is 1. The lowest BCUT2D eigenvalue weighted by molar-refractivity contribution is 0.102. The molecule has 2 heterocycles. The minimum Gasteiger partial charge on any atom is -0.368 e. The number of hydrogen-bond acceptors (Lipinski definition) is 7. The molecule has 0 amide bonds. The van der Waals surface area contributed by atoms with E-state index < -0.39 is 0 Å². The number of carbonyl (C=O) groups is 1. The van der Waals surface area contributed by atoms with Crippen LogP contribution in [-0.2, 0) is 0 Å². The monoisotopic (exact) mass is 325 g/mol. The number of rotatable bonds is 4. The largest absolute Gasteiger partial charge is 0.368 e. The molecule has 0 unspecified atom stereocenters. The first-order valence-electron chi connectivity index (χ1n) is 6.97. The van der Waals surface area contributed by atoms with Crippen molar-refractivity contribution in [3.63, 3.8) is 0 Å². The van der Waals surface area contributed by atoms with Crippen molar-refractivity contribution in [3.8, 4) is 10.7 Å². The summed E-state index contributed by atoms with van der Waals surface area (Å²) in [5.74, 6) is 0.961. The van der Waals surface area contributed by atoms with Crippen LogP contribution in [0.5, 0.6) is 0 Å². The second-order valence-electron chi connectivity index (χ2n) is 5.05. The fourth-order valence-electron chi connectivity index (χ4n) is 1.97. The minimum atomic E-state index is 0.0151. The van der Waals surface area contributed by atoms with Crippen LogP contribution in [0.3, 0.4) is 0 Å². The van der Waals surface area contributed by atoms with E-state index in [2.05, 4.69) is 20.3 Å². The van der Waals surface area contributed by atoms with Crippen LogP contribution in [0.1, 0.15) is 22.2 Å². The maximum atomic E-state index is 11.4. The van der Waals surface area contributed by atoms with Crippen molar-refractivity contribution in [2.24, 2.45) is 0 Å². The molecule has 3 aromatic rings. The summed E-state index contributed by atoms with van der Waals surface area (Å²) in [7, 11) is 0. The van der Waals surface area contributed by atoms with E-state index in [9.17, 15) is 4.79 Å². The van der Waals surface area contributed by atoms with E-state index in [-0.39, 0.29) is 11.7 Å². The topological polar surface area (TPSA) is 93.8 Å². The Bertz CT molecular complexity index is 857. The van der Waals surface area contributed by atoms with Crippen molar-refractivity contribution in [2.45, 2.75) is 13.8 Å². The van der Waals surface area contributed by atoms with Crippen molar-refractivity contribution in [1.29, 1.82) is 0 Å². The Labute approximate surface area is 137 Å². The van der Waals surface area contributed by atoms with Crippen molar-refractivity contribution in [1.82, 2.24) is 15.0 Å². The molecule has 6 nitrogen and oxygen atoms in total. The second-order valence-corrected chi connectivity index (χ2v) is 6.14. The number of nitrogen functional groups attached to an aromatic ring is 1. The van der Waals surface area contributed by atoms with E-state index in [1.54, 1.807) is 6.07 Å². The number of nitrogens with one attached hydrogen (secondary N) is 1. The van der Waals surface area contributed by atoms with Crippen LogP contribution in [0.2, 0.25) is 0 Å². The van der Waals surface area contributed by atoms with Gasteiger partial charge in [0.2, 0.25) is 11.9 Å². The van der Waals surface area contributed by atoms with Gasteiger partial charge in [-0.3, -0.25) is 4.79 Å². The zero-order valence-corrected chi connectivity index (χ0v) is 13.5. The quantitative estimate of drug-likeness (QED) is 0.714. The number of benzene rings is 1. The third-order valence-electron chi connectivity index (χ3n) is 3.13.